The number of nitrogens with zero attached hydrogens (tertiary/aromatic N) is 4. The van der Waals surface area contributed by atoms with Crippen LogP contribution in [0.4, 0.5) is 4.39 Å². The molecule has 0 N–H and O–H groups in total. The Morgan fingerprint density at radius 2 is 1.79 bits per heavy atom. The minimum absolute atomic E-state index is 0.0614. The molecule has 3 rings (SSSR count). The lowest BCUT2D eigenvalue weighted by atomic mass is 10.2. The van der Waals surface area contributed by atoms with Gasteiger partial charge >= 0.3 is 0 Å². The minimum Gasteiger partial charge on any atom is -0.302 e. The lowest BCUT2D eigenvalue weighted by Gasteiger charge is -2.32. The summed E-state index contributed by atoms with van der Waals surface area (Å²) in [7, 11) is -4.61. The Labute approximate surface area is 173 Å². The summed E-state index contributed by atoms with van der Waals surface area (Å²) in [6, 6.07) is 4.44. The first-order chi connectivity index (χ1) is 13.6. The third kappa shape index (κ3) is 4.97. The molecule has 2 fully saturated rings. The van der Waals surface area contributed by atoms with Crippen molar-refractivity contribution < 1.29 is 21.2 Å². The Kier molecular flexibility index (Phi) is 6.96. The largest absolute Gasteiger partial charge is 0.302 e. The topological polar surface area (TPSA) is 81.2 Å². The highest BCUT2D eigenvalue weighted by Gasteiger charge is 2.40. The number of halogens is 1. The van der Waals surface area contributed by atoms with E-state index < -0.39 is 32.1 Å². The van der Waals surface area contributed by atoms with E-state index in [1.54, 1.807) is 0 Å². The van der Waals surface area contributed by atoms with Gasteiger partial charge in [0.1, 0.15) is 5.82 Å². The third-order valence-electron chi connectivity index (χ3n) is 5.56. The van der Waals surface area contributed by atoms with E-state index in [0.29, 0.717) is 19.5 Å². The first-order valence-corrected chi connectivity index (χ1v) is 12.6. The molecule has 2 saturated heterocycles. The third-order valence-corrected chi connectivity index (χ3v) is 9.42. The zero-order valence-electron chi connectivity index (χ0n) is 16.9. The molecular formula is C18H29FN4O4S2. The maximum absolute atomic E-state index is 13.5. The van der Waals surface area contributed by atoms with Gasteiger partial charge in [0.25, 0.3) is 10.2 Å². The van der Waals surface area contributed by atoms with Crippen molar-refractivity contribution in [1.82, 2.24) is 17.8 Å². The number of hydrogen-bond acceptors (Lipinski definition) is 5. The SMILES string of the molecule is CN(C)S(=O)(=O)N(CCN1CCCC1)C1CCN(S(=O)(=O)c2cccc(F)c2)C1. The molecular weight excluding hydrogens is 419 g/mol. The Bertz CT molecular complexity index is 918. The van der Waals surface area contributed by atoms with Crippen LogP contribution < -0.4 is 0 Å². The molecule has 0 aromatic heterocycles. The van der Waals surface area contributed by atoms with E-state index in [0.717, 1.165) is 32.0 Å². The van der Waals surface area contributed by atoms with Crippen LogP contribution in [-0.4, -0.2) is 94.1 Å². The molecule has 0 saturated carbocycles. The first kappa shape index (κ1) is 22.6. The van der Waals surface area contributed by atoms with Gasteiger partial charge in [0.2, 0.25) is 10.0 Å². The number of likely N-dealkylation sites (tertiary alicyclic amines) is 1. The van der Waals surface area contributed by atoms with Crippen molar-refractivity contribution in [1.29, 1.82) is 0 Å². The molecule has 0 aliphatic carbocycles. The van der Waals surface area contributed by atoms with Gasteiger partial charge < -0.3 is 4.90 Å². The maximum Gasteiger partial charge on any atom is 0.281 e. The van der Waals surface area contributed by atoms with Crippen LogP contribution in [0.3, 0.4) is 0 Å². The van der Waals surface area contributed by atoms with Gasteiger partial charge in [-0.3, -0.25) is 0 Å². The lowest BCUT2D eigenvalue weighted by Crippen LogP contribution is -2.50. The number of hydrogen-bond donors (Lipinski definition) is 0. The van der Waals surface area contributed by atoms with Gasteiger partial charge in [-0.2, -0.15) is 21.3 Å². The van der Waals surface area contributed by atoms with Crippen LogP contribution in [0.5, 0.6) is 0 Å². The Morgan fingerprint density at radius 1 is 1.10 bits per heavy atom. The predicted octanol–water partition coefficient (Wildman–Crippen LogP) is 0.793. The molecule has 0 amide bonds. The molecule has 1 aromatic rings. The number of rotatable bonds is 8. The summed E-state index contributed by atoms with van der Waals surface area (Å²) in [5.74, 6) is -0.621. The highest BCUT2D eigenvalue weighted by Crippen LogP contribution is 2.26. The Hall–Kier alpha value is -1.11. The highest BCUT2D eigenvalue weighted by molar-refractivity contribution is 7.89. The van der Waals surface area contributed by atoms with E-state index in [1.165, 1.54) is 45.2 Å². The molecule has 29 heavy (non-hydrogen) atoms. The molecule has 1 aromatic carbocycles. The smallest absolute Gasteiger partial charge is 0.281 e. The van der Waals surface area contributed by atoms with Gasteiger partial charge in [-0.25, -0.2) is 12.8 Å². The summed E-state index contributed by atoms with van der Waals surface area (Å²) in [5.41, 5.74) is 0. The fourth-order valence-corrected chi connectivity index (χ4v) is 6.69. The fourth-order valence-electron chi connectivity index (χ4n) is 3.88. The average molecular weight is 449 g/mol. The van der Waals surface area contributed by atoms with Crippen LogP contribution in [0.2, 0.25) is 0 Å². The molecule has 0 radical (unpaired) electrons. The quantitative estimate of drug-likeness (QED) is 0.588. The first-order valence-electron chi connectivity index (χ1n) is 9.80. The molecule has 2 aliphatic rings. The van der Waals surface area contributed by atoms with Crippen LogP contribution in [0.1, 0.15) is 19.3 Å². The molecule has 0 spiro atoms. The molecule has 0 bridgehead atoms. The van der Waals surface area contributed by atoms with E-state index in [-0.39, 0.29) is 18.0 Å². The molecule has 2 heterocycles. The number of sulfonamides is 1. The minimum atomic E-state index is -3.88. The van der Waals surface area contributed by atoms with E-state index in [2.05, 4.69) is 4.90 Å². The van der Waals surface area contributed by atoms with Crippen LogP contribution >= 0.6 is 0 Å². The summed E-state index contributed by atoms with van der Waals surface area (Å²) in [6.45, 7) is 3.12. The summed E-state index contributed by atoms with van der Waals surface area (Å²) < 4.78 is 68.9. The van der Waals surface area contributed by atoms with Crippen molar-refractivity contribution in [2.45, 2.75) is 30.2 Å². The van der Waals surface area contributed by atoms with E-state index in [4.69, 9.17) is 0 Å². The molecule has 164 valence electrons. The summed E-state index contributed by atoms with van der Waals surface area (Å²) >= 11 is 0. The molecule has 1 atom stereocenters. The maximum atomic E-state index is 13.5. The monoisotopic (exact) mass is 448 g/mol. The van der Waals surface area contributed by atoms with Crippen molar-refractivity contribution in [3.8, 4) is 0 Å². The van der Waals surface area contributed by atoms with E-state index in [1.807, 2.05) is 0 Å². The second-order valence-electron chi connectivity index (χ2n) is 7.71. The fraction of sp³-hybridized carbons (Fsp3) is 0.667. The lowest BCUT2D eigenvalue weighted by molar-refractivity contribution is 0.252. The highest BCUT2D eigenvalue weighted by atomic mass is 32.2. The van der Waals surface area contributed by atoms with Crippen LogP contribution in [0.25, 0.3) is 0 Å². The van der Waals surface area contributed by atoms with Gasteiger partial charge in [0.15, 0.2) is 0 Å². The molecule has 8 nitrogen and oxygen atoms in total. The molecule has 2 aliphatic heterocycles. The zero-order chi connectivity index (χ0) is 21.2. The van der Waals surface area contributed by atoms with Gasteiger partial charge in [-0.1, -0.05) is 6.07 Å². The Morgan fingerprint density at radius 3 is 2.41 bits per heavy atom. The van der Waals surface area contributed by atoms with E-state index >= 15 is 0 Å². The van der Waals surface area contributed by atoms with Gasteiger partial charge in [0, 0.05) is 46.3 Å². The van der Waals surface area contributed by atoms with Crippen molar-refractivity contribution in [3.05, 3.63) is 30.1 Å². The van der Waals surface area contributed by atoms with Crippen molar-refractivity contribution in [2.24, 2.45) is 0 Å². The number of benzene rings is 1. The second kappa shape index (κ2) is 8.94. The van der Waals surface area contributed by atoms with Crippen LogP contribution in [0, 0.1) is 5.82 Å². The zero-order valence-corrected chi connectivity index (χ0v) is 18.5. The van der Waals surface area contributed by atoms with Crippen molar-refractivity contribution in [3.63, 3.8) is 0 Å². The van der Waals surface area contributed by atoms with Crippen LogP contribution in [0.15, 0.2) is 29.2 Å². The molecule has 11 heteroatoms. The van der Waals surface area contributed by atoms with Gasteiger partial charge in [-0.15, -0.1) is 0 Å². The van der Waals surface area contributed by atoms with E-state index in [9.17, 15) is 21.2 Å². The Balaban J connectivity index is 1.77. The predicted molar refractivity (Wildman–Crippen MR) is 109 cm³/mol. The van der Waals surface area contributed by atoms with Crippen LogP contribution in [-0.2, 0) is 20.2 Å². The van der Waals surface area contributed by atoms with Crippen molar-refractivity contribution >= 4 is 20.2 Å². The normalized spacial score (nSPS) is 22.2. The van der Waals surface area contributed by atoms with Crippen molar-refractivity contribution in [2.75, 3.05) is 53.4 Å². The summed E-state index contributed by atoms with van der Waals surface area (Å²) in [6.07, 6.45) is 2.63. The summed E-state index contributed by atoms with van der Waals surface area (Å²) in [5, 5.41) is 0. The van der Waals surface area contributed by atoms with Gasteiger partial charge in [0.05, 0.1) is 4.90 Å². The van der Waals surface area contributed by atoms with Gasteiger partial charge in [-0.05, 0) is 50.6 Å². The molecule has 1 unspecified atom stereocenters. The average Bonchev–Trinajstić information content (AvgIpc) is 3.34. The standard InChI is InChI=1S/C18H29FN4O4S2/c1-20(2)29(26,27)23(13-12-21-9-3-4-10-21)17-8-11-22(15-17)28(24,25)18-7-5-6-16(19)14-18/h5-7,14,17H,3-4,8-13,15H2,1-2H3. The summed E-state index contributed by atoms with van der Waals surface area (Å²) in [4.78, 5) is 2.12. The second-order valence-corrected chi connectivity index (χ2v) is 11.7.